The van der Waals surface area contributed by atoms with E-state index < -0.39 is 11.6 Å². The van der Waals surface area contributed by atoms with Crippen molar-refractivity contribution in [3.8, 4) is 0 Å². The number of pyridine rings is 1. The second kappa shape index (κ2) is 6.16. The topological polar surface area (TPSA) is 24.9 Å². The summed E-state index contributed by atoms with van der Waals surface area (Å²) >= 11 is 2.28. The fourth-order valence-electron chi connectivity index (χ4n) is 2.48. The molecule has 0 saturated heterocycles. The van der Waals surface area contributed by atoms with Crippen molar-refractivity contribution in [1.29, 1.82) is 0 Å². The predicted octanol–water partition coefficient (Wildman–Crippen LogP) is 4.54. The summed E-state index contributed by atoms with van der Waals surface area (Å²) in [6, 6.07) is 9.60. The average molecular weight is 410 g/mol. The molecule has 5 heteroatoms. The van der Waals surface area contributed by atoms with Crippen molar-refractivity contribution in [2.24, 2.45) is 0 Å². The van der Waals surface area contributed by atoms with Gasteiger partial charge in [0.05, 0.1) is 27.6 Å². The van der Waals surface area contributed by atoms with Crippen LogP contribution in [0.25, 0.3) is 11.3 Å². The maximum atomic E-state index is 14.1. The van der Waals surface area contributed by atoms with E-state index in [1.807, 2.05) is 30.3 Å². The van der Waals surface area contributed by atoms with E-state index >= 15 is 0 Å². The number of aromatic nitrogens is 1. The highest BCUT2D eigenvalue weighted by molar-refractivity contribution is 14.1. The molecule has 0 spiro atoms. The van der Waals surface area contributed by atoms with Crippen LogP contribution >= 0.6 is 22.6 Å². The van der Waals surface area contributed by atoms with Crippen molar-refractivity contribution in [1.82, 2.24) is 10.3 Å². The lowest BCUT2D eigenvalue weighted by molar-refractivity contribution is 0.564. The number of nitrogens with one attached hydrogen (secondary N) is 1. The van der Waals surface area contributed by atoms with Gasteiger partial charge in [-0.2, -0.15) is 0 Å². The SMILES string of the molecule is C=C1NC(c2c(F)cncc2F)=C(c2ccccc2)CC1I. The Balaban J connectivity index is 2.24. The van der Waals surface area contributed by atoms with Crippen LogP contribution in [0.1, 0.15) is 17.5 Å². The third-order valence-corrected chi connectivity index (χ3v) is 4.77. The number of benzene rings is 1. The Morgan fingerprint density at radius 1 is 1.14 bits per heavy atom. The molecule has 0 saturated carbocycles. The molecule has 1 atom stereocenters. The van der Waals surface area contributed by atoms with Gasteiger partial charge in [-0.1, -0.05) is 59.5 Å². The fourth-order valence-corrected chi connectivity index (χ4v) is 3.08. The van der Waals surface area contributed by atoms with Crippen LogP contribution in [0.3, 0.4) is 0 Å². The first-order valence-corrected chi connectivity index (χ1v) is 8.00. The van der Waals surface area contributed by atoms with Crippen LogP contribution in [-0.2, 0) is 0 Å². The van der Waals surface area contributed by atoms with Gasteiger partial charge in [0.15, 0.2) is 11.6 Å². The van der Waals surface area contributed by atoms with Crippen molar-refractivity contribution in [3.63, 3.8) is 0 Å². The normalized spacial score (nSPS) is 18.3. The first-order chi connectivity index (χ1) is 10.6. The van der Waals surface area contributed by atoms with Gasteiger partial charge in [-0.05, 0) is 17.6 Å². The molecule has 1 aliphatic heterocycles. The molecule has 0 amide bonds. The maximum Gasteiger partial charge on any atom is 0.153 e. The molecule has 0 bridgehead atoms. The first-order valence-electron chi connectivity index (χ1n) is 6.75. The third-order valence-electron chi connectivity index (χ3n) is 3.57. The first kappa shape index (κ1) is 15.1. The number of rotatable bonds is 2. The van der Waals surface area contributed by atoms with Gasteiger partial charge < -0.3 is 5.32 Å². The highest BCUT2D eigenvalue weighted by Gasteiger charge is 2.27. The zero-order valence-corrected chi connectivity index (χ0v) is 13.8. The van der Waals surface area contributed by atoms with Crippen molar-refractivity contribution in [2.45, 2.75) is 10.3 Å². The molecule has 2 heterocycles. The Morgan fingerprint density at radius 2 is 1.77 bits per heavy atom. The molecule has 2 nitrogen and oxygen atoms in total. The summed E-state index contributed by atoms with van der Waals surface area (Å²) in [6.45, 7) is 3.95. The zero-order valence-electron chi connectivity index (χ0n) is 11.6. The highest BCUT2D eigenvalue weighted by atomic mass is 127. The molecular formula is C17H13F2IN2. The van der Waals surface area contributed by atoms with E-state index in [-0.39, 0.29) is 9.49 Å². The molecule has 0 radical (unpaired) electrons. The number of allylic oxidation sites excluding steroid dienone is 2. The van der Waals surface area contributed by atoms with Crippen LogP contribution in [0.2, 0.25) is 0 Å². The zero-order chi connectivity index (χ0) is 15.7. The van der Waals surface area contributed by atoms with Crippen molar-refractivity contribution >= 4 is 33.9 Å². The van der Waals surface area contributed by atoms with Crippen LogP contribution in [0.5, 0.6) is 0 Å². The van der Waals surface area contributed by atoms with E-state index in [1.54, 1.807) is 0 Å². The largest absolute Gasteiger partial charge is 0.358 e. The number of halogens is 3. The summed E-state index contributed by atoms with van der Waals surface area (Å²) in [6.07, 6.45) is 2.70. The van der Waals surface area contributed by atoms with Crippen molar-refractivity contribution < 1.29 is 8.78 Å². The lowest BCUT2D eigenvalue weighted by Crippen LogP contribution is -2.26. The van der Waals surface area contributed by atoms with E-state index in [4.69, 9.17) is 0 Å². The van der Waals surface area contributed by atoms with Gasteiger partial charge in [0.1, 0.15) is 0 Å². The quantitative estimate of drug-likeness (QED) is 0.581. The summed E-state index contributed by atoms with van der Waals surface area (Å²) in [7, 11) is 0. The summed E-state index contributed by atoms with van der Waals surface area (Å²) in [5, 5.41) is 3.08. The molecule has 112 valence electrons. The average Bonchev–Trinajstić information content (AvgIpc) is 2.51. The lowest BCUT2D eigenvalue weighted by Gasteiger charge is -2.28. The standard InChI is InChI=1S/C17H13F2IN2/c1-10-15(20)7-12(11-5-3-2-4-6-11)17(22-10)16-13(18)8-21-9-14(16)19/h2-6,8-9,15,22H,1,7H2. The molecule has 1 aromatic carbocycles. The fraction of sp³-hybridized carbons (Fsp3) is 0.118. The van der Waals surface area contributed by atoms with Gasteiger partial charge in [0.25, 0.3) is 0 Å². The lowest BCUT2D eigenvalue weighted by atomic mass is 9.92. The number of nitrogens with zero attached hydrogens (tertiary/aromatic N) is 1. The van der Waals surface area contributed by atoms with E-state index in [2.05, 4.69) is 39.5 Å². The summed E-state index contributed by atoms with van der Waals surface area (Å²) in [5.74, 6) is -1.37. The monoisotopic (exact) mass is 410 g/mol. The molecule has 3 rings (SSSR count). The Morgan fingerprint density at radius 3 is 2.41 bits per heavy atom. The Hall–Kier alpha value is -1.76. The van der Waals surface area contributed by atoms with Crippen LogP contribution in [0.4, 0.5) is 8.78 Å². The number of hydrogen-bond donors (Lipinski definition) is 1. The maximum absolute atomic E-state index is 14.1. The van der Waals surface area contributed by atoms with Crippen LogP contribution in [0, 0.1) is 11.6 Å². The predicted molar refractivity (Wildman–Crippen MR) is 92.1 cm³/mol. The van der Waals surface area contributed by atoms with E-state index in [9.17, 15) is 8.78 Å². The van der Waals surface area contributed by atoms with Gasteiger partial charge in [0.2, 0.25) is 0 Å². The van der Waals surface area contributed by atoms with Crippen LogP contribution in [-0.4, -0.2) is 8.91 Å². The minimum absolute atomic E-state index is 0.0849. The highest BCUT2D eigenvalue weighted by Crippen LogP contribution is 2.38. The summed E-state index contributed by atoms with van der Waals surface area (Å²) in [4.78, 5) is 3.55. The van der Waals surface area contributed by atoms with Crippen molar-refractivity contribution in [3.05, 3.63) is 77.8 Å². The van der Waals surface area contributed by atoms with Crippen molar-refractivity contribution in [2.75, 3.05) is 0 Å². The van der Waals surface area contributed by atoms with E-state index in [0.29, 0.717) is 12.1 Å². The Labute approximate surface area is 141 Å². The van der Waals surface area contributed by atoms with Crippen LogP contribution in [0.15, 0.2) is 55.0 Å². The number of hydrogen-bond acceptors (Lipinski definition) is 2. The Bertz CT molecular complexity index is 736. The molecule has 1 unspecified atom stereocenters. The molecule has 0 aliphatic carbocycles. The molecular weight excluding hydrogens is 397 g/mol. The number of alkyl halides is 1. The molecule has 0 fully saturated rings. The molecule has 1 aromatic heterocycles. The van der Waals surface area contributed by atoms with Gasteiger partial charge in [-0.25, -0.2) is 8.78 Å². The summed E-state index contributed by atoms with van der Waals surface area (Å²) < 4.78 is 28.4. The van der Waals surface area contributed by atoms with E-state index in [0.717, 1.165) is 29.2 Å². The smallest absolute Gasteiger partial charge is 0.153 e. The van der Waals surface area contributed by atoms with Gasteiger partial charge >= 0.3 is 0 Å². The minimum atomic E-state index is -0.685. The van der Waals surface area contributed by atoms with Gasteiger partial charge in [-0.15, -0.1) is 0 Å². The van der Waals surface area contributed by atoms with Gasteiger partial charge in [0, 0.05) is 5.70 Å². The van der Waals surface area contributed by atoms with Crippen LogP contribution < -0.4 is 5.32 Å². The second-order valence-corrected chi connectivity index (χ2v) is 6.52. The minimum Gasteiger partial charge on any atom is -0.358 e. The second-order valence-electron chi connectivity index (χ2n) is 5.02. The molecule has 1 N–H and O–H groups in total. The van der Waals surface area contributed by atoms with Gasteiger partial charge in [-0.3, -0.25) is 4.98 Å². The third kappa shape index (κ3) is 2.77. The summed E-state index contributed by atoms with van der Waals surface area (Å²) in [5.41, 5.74) is 2.90. The Kier molecular flexibility index (Phi) is 4.24. The molecule has 1 aliphatic rings. The molecule has 22 heavy (non-hydrogen) atoms. The van der Waals surface area contributed by atoms with E-state index in [1.165, 1.54) is 0 Å². The molecule has 2 aromatic rings.